The van der Waals surface area contributed by atoms with Gasteiger partial charge in [-0.1, -0.05) is 30.8 Å². The molecule has 1 heterocycles. The Morgan fingerprint density at radius 3 is 2.41 bits per heavy atom. The molecule has 1 aliphatic rings. The van der Waals surface area contributed by atoms with Crippen LogP contribution >= 0.6 is 0 Å². The smallest absolute Gasteiger partial charge is 0.235 e. The van der Waals surface area contributed by atoms with Gasteiger partial charge in [-0.3, -0.25) is 4.79 Å². The number of carbonyl (C=O) groups excluding carboxylic acids is 1. The van der Waals surface area contributed by atoms with Gasteiger partial charge in [0.25, 0.3) is 0 Å². The Labute approximate surface area is 131 Å². The van der Waals surface area contributed by atoms with E-state index >= 15 is 0 Å². The molecule has 0 unspecified atom stereocenters. The molecular formula is C15H24N2O4S. The quantitative estimate of drug-likeness (QED) is 0.836. The Morgan fingerprint density at radius 1 is 1.23 bits per heavy atom. The van der Waals surface area contributed by atoms with Crippen molar-refractivity contribution >= 4 is 15.7 Å². The maximum absolute atomic E-state index is 12.2. The Hall–Kier alpha value is -1.37. The van der Waals surface area contributed by atoms with Crippen LogP contribution in [0, 0.1) is 13.8 Å². The second-order valence-electron chi connectivity index (χ2n) is 6.09. The number of hydrogen-bond acceptors (Lipinski definition) is 5. The summed E-state index contributed by atoms with van der Waals surface area (Å²) in [5, 5.41) is 6.61. The molecule has 1 aromatic rings. The Bertz CT molecular complexity index is 594. The summed E-state index contributed by atoms with van der Waals surface area (Å²) in [6, 6.07) is 0.115. The summed E-state index contributed by atoms with van der Waals surface area (Å²) in [6.07, 6.45) is 6.45. The molecule has 1 fully saturated rings. The van der Waals surface area contributed by atoms with Gasteiger partial charge in [-0.15, -0.1) is 0 Å². The minimum absolute atomic E-state index is 0.115. The van der Waals surface area contributed by atoms with Crippen LogP contribution in [0.25, 0.3) is 0 Å². The number of carbonyl (C=O) groups is 1. The van der Waals surface area contributed by atoms with Gasteiger partial charge in [0, 0.05) is 11.6 Å². The van der Waals surface area contributed by atoms with Crippen molar-refractivity contribution in [1.29, 1.82) is 0 Å². The fourth-order valence-electron chi connectivity index (χ4n) is 2.87. The van der Waals surface area contributed by atoms with Crippen LogP contribution in [0.2, 0.25) is 0 Å². The van der Waals surface area contributed by atoms with Crippen molar-refractivity contribution < 1.29 is 17.7 Å². The van der Waals surface area contributed by atoms with Crippen molar-refractivity contribution in [3.05, 3.63) is 17.0 Å². The minimum atomic E-state index is -3.52. The highest BCUT2D eigenvalue weighted by atomic mass is 32.2. The fourth-order valence-corrected chi connectivity index (χ4v) is 4.31. The molecule has 0 bridgehead atoms. The van der Waals surface area contributed by atoms with Crippen molar-refractivity contribution in [2.24, 2.45) is 0 Å². The zero-order valence-electron chi connectivity index (χ0n) is 13.2. The normalized spacial score (nSPS) is 17.2. The number of rotatable bonds is 5. The summed E-state index contributed by atoms with van der Waals surface area (Å²) < 4.78 is 29.4. The number of nitrogens with one attached hydrogen (secondary N) is 1. The summed E-state index contributed by atoms with van der Waals surface area (Å²) in [5.41, 5.74) is 1.12. The van der Waals surface area contributed by atoms with E-state index in [4.69, 9.17) is 4.52 Å². The molecule has 0 saturated heterocycles. The molecular weight excluding hydrogens is 304 g/mol. The number of aromatic nitrogens is 1. The highest BCUT2D eigenvalue weighted by Crippen LogP contribution is 2.18. The van der Waals surface area contributed by atoms with Gasteiger partial charge >= 0.3 is 0 Å². The van der Waals surface area contributed by atoms with Gasteiger partial charge in [-0.05, 0) is 26.7 Å². The second-order valence-corrected chi connectivity index (χ2v) is 8.16. The Balaban J connectivity index is 1.92. The lowest BCUT2D eigenvalue weighted by Crippen LogP contribution is -2.38. The van der Waals surface area contributed by atoms with Gasteiger partial charge in [-0.25, -0.2) is 8.42 Å². The Morgan fingerprint density at radius 2 is 1.86 bits per heavy atom. The zero-order valence-corrected chi connectivity index (χ0v) is 14.0. The van der Waals surface area contributed by atoms with Gasteiger partial charge in [0.2, 0.25) is 5.91 Å². The molecule has 1 amide bonds. The molecule has 1 aromatic heterocycles. The van der Waals surface area contributed by atoms with Gasteiger partial charge in [0.15, 0.2) is 9.84 Å². The highest BCUT2D eigenvalue weighted by Gasteiger charge is 2.23. The summed E-state index contributed by atoms with van der Waals surface area (Å²) in [6.45, 7) is 3.38. The van der Waals surface area contributed by atoms with Gasteiger partial charge < -0.3 is 9.84 Å². The number of amides is 1. The maximum atomic E-state index is 12.2. The van der Waals surface area contributed by atoms with E-state index in [1.54, 1.807) is 13.8 Å². The zero-order chi connectivity index (χ0) is 16.2. The molecule has 2 rings (SSSR count). The first-order chi connectivity index (χ1) is 10.4. The van der Waals surface area contributed by atoms with Crippen LogP contribution in [0.4, 0.5) is 0 Å². The number of hydrogen-bond donors (Lipinski definition) is 1. The molecule has 7 heteroatoms. The van der Waals surface area contributed by atoms with Crippen LogP contribution in [0.1, 0.15) is 55.5 Å². The largest absolute Gasteiger partial charge is 0.361 e. The number of nitrogens with zero attached hydrogens (tertiary/aromatic N) is 1. The van der Waals surface area contributed by atoms with Crippen LogP contribution < -0.4 is 5.32 Å². The monoisotopic (exact) mass is 328 g/mol. The molecule has 0 atom stereocenters. The predicted molar refractivity (Wildman–Crippen MR) is 83.1 cm³/mol. The molecule has 1 N–H and O–H groups in total. The van der Waals surface area contributed by atoms with Crippen LogP contribution in [-0.2, 0) is 20.4 Å². The second kappa shape index (κ2) is 7.26. The third kappa shape index (κ3) is 4.83. The molecule has 0 aliphatic heterocycles. The van der Waals surface area contributed by atoms with Gasteiger partial charge in [-0.2, -0.15) is 0 Å². The van der Waals surface area contributed by atoms with Crippen LogP contribution in [0.15, 0.2) is 4.52 Å². The first-order valence-corrected chi connectivity index (χ1v) is 9.61. The van der Waals surface area contributed by atoms with E-state index in [-0.39, 0.29) is 11.8 Å². The third-order valence-electron chi connectivity index (χ3n) is 4.12. The molecule has 124 valence electrons. The Kier molecular flexibility index (Phi) is 5.61. The van der Waals surface area contributed by atoms with E-state index in [1.807, 2.05) is 0 Å². The van der Waals surface area contributed by atoms with Crippen molar-refractivity contribution in [2.75, 3.05) is 5.75 Å². The van der Waals surface area contributed by atoms with E-state index in [0.717, 1.165) is 25.7 Å². The van der Waals surface area contributed by atoms with Crippen molar-refractivity contribution in [3.8, 4) is 0 Å². The van der Waals surface area contributed by atoms with E-state index in [1.165, 1.54) is 12.8 Å². The third-order valence-corrected chi connectivity index (χ3v) is 5.55. The van der Waals surface area contributed by atoms with Crippen molar-refractivity contribution in [2.45, 2.75) is 64.2 Å². The topological polar surface area (TPSA) is 89.3 Å². The first kappa shape index (κ1) is 17.0. The summed E-state index contributed by atoms with van der Waals surface area (Å²) in [7, 11) is -3.52. The minimum Gasteiger partial charge on any atom is -0.361 e. The first-order valence-electron chi connectivity index (χ1n) is 7.79. The standard InChI is InChI=1S/C15H24N2O4S/c1-11-14(12(2)21-17-11)9-22(19,20)10-15(18)16-13-7-5-3-4-6-8-13/h13H,3-10H2,1-2H3,(H,16,18). The van der Waals surface area contributed by atoms with Crippen LogP contribution in [0.5, 0.6) is 0 Å². The fraction of sp³-hybridized carbons (Fsp3) is 0.733. The summed E-state index contributed by atoms with van der Waals surface area (Å²) >= 11 is 0. The average molecular weight is 328 g/mol. The summed E-state index contributed by atoms with van der Waals surface area (Å²) in [4.78, 5) is 12.0. The van der Waals surface area contributed by atoms with E-state index in [2.05, 4.69) is 10.5 Å². The highest BCUT2D eigenvalue weighted by molar-refractivity contribution is 7.91. The lowest BCUT2D eigenvalue weighted by molar-refractivity contribution is -0.119. The molecule has 0 radical (unpaired) electrons. The van der Waals surface area contributed by atoms with Gasteiger partial charge in [0.05, 0.1) is 11.4 Å². The van der Waals surface area contributed by atoms with Crippen LogP contribution in [0.3, 0.4) is 0 Å². The number of aryl methyl sites for hydroxylation is 2. The lowest BCUT2D eigenvalue weighted by atomic mass is 10.1. The molecule has 22 heavy (non-hydrogen) atoms. The van der Waals surface area contributed by atoms with Gasteiger partial charge in [0.1, 0.15) is 11.5 Å². The molecule has 0 spiro atoms. The molecule has 1 saturated carbocycles. The number of sulfone groups is 1. The van der Waals surface area contributed by atoms with E-state index < -0.39 is 21.5 Å². The predicted octanol–water partition coefficient (Wildman–Crippen LogP) is 2.05. The summed E-state index contributed by atoms with van der Waals surface area (Å²) in [5.74, 6) is -0.594. The van der Waals surface area contributed by atoms with E-state index in [0.29, 0.717) is 17.0 Å². The molecule has 1 aliphatic carbocycles. The van der Waals surface area contributed by atoms with E-state index in [9.17, 15) is 13.2 Å². The SMILES string of the molecule is Cc1noc(C)c1CS(=O)(=O)CC(=O)NC1CCCCCC1. The van der Waals surface area contributed by atoms with Crippen molar-refractivity contribution in [1.82, 2.24) is 10.5 Å². The molecule has 6 nitrogen and oxygen atoms in total. The lowest BCUT2D eigenvalue weighted by Gasteiger charge is -2.16. The average Bonchev–Trinajstić information content (AvgIpc) is 2.66. The van der Waals surface area contributed by atoms with Crippen molar-refractivity contribution in [3.63, 3.8) is 0 Å². The van der Waals surface area contributed by atoms with Crippen LogP contribution in [-0.4, -0.2) is 31.3 Å². The maximum Gasteiger partial charge on any atom is 0.235 e. The molecule has 0 aromatic carbocycles.